The van der Waals surface area contributed by atoms with Gasteiger partial charge in [-0.2, -0.15) is 0 Å². The minimum atomic E-state index is -0.0864. The number of carbonyl (C=O) groups is 1. The predicted octanol–water partition coefficient (Wildman–Crippen LogP) is 1.21. The molecule has 0 bridgehead atoms. The summed E-state index contributed by atoms with van der Waals surface area (Å²) >= 11 is 0. The van der Waals surface area contributed by atoms with Gasteiger partial charge in [-0.25, -0.2) is 0 Å². The molecule has 1 aliphatic rings. The predicted molar refractivity (Wildman–Crippen MR) is 123 cm³/mol. The number of nitrogens with zero attached hydrogens (tertiary/aromatic N) is 2. The van der Waals surface area contributed by atoms with E-state index in [1.807, 2.05) is 12.1 Å². The normalized spacial score (nSPS) is 16.8. The summed E-state index contributed by atoms with van der Waals surface area (Å²) in [6.07, 6.45) is 2.14. The number of halogens is 1. The summed E-state index contributed by atoms with van der Waals surface area (Å²) in [6, 6.07) is 8.37. The third kappa shape index (κ3) is 8.09. The van der Waals surface area contributed by atoms with Crippen molar-refractivity contribution in [2.45, 2.75) is 18.9 Å². The van der Waals surface area contributed by atoms with Crippen molar-refractivity contribution in [3.05, 3.63) is 24.3 Å². The molecule has 158 valence electrons. The zero-order valence-electron chi connectivity index (χ0n) is 16.9. The molecule has 2 rings (SSSR count). The van der Waals surface area contributed by atoms with Crippen LogP contribution >= 0.6 is 24.0 Å². The number of guanidine groups is 1. The van der Waals surface area contributed by atoms with Gasteiger partial charge in [-0.1, -0.05) is 6.07 Å². The Morgan fingerprint density at radius 2 is 2.14 bits per heavy atom. The molecule has 0 aliphatic carbocycles. The van der Waals surface area contributed by atoms with Crippen LogP contribution in [-0.2, 0) is 9.53 Å². The maximum atomic E-state index is 11.8. The molecule has 28 heavy (non-hydrogen) atoms. The number of methoxy groups -OCH3 is 2. The summed E-state index contributed by atoms with van der Waals surface area (Å²) in [5.74, 6) is 1.41. The number of hydrogen-bond donors (Lipinski definition) is 3. The molecule has 1 aromatic rings. The molecule has 1 amide bonds. The highest BCUT2D eigenvalue weighted by molar-refractivity contribution is 14.0. The summed E-state index contributed by atoms with van der Waals surface area (Å²) in [6.45, 7) is 3.06. The fraction of sp³-hybridized carbons (Fsp3) is 0.579. The lowest BCUT2D eigenvalue weighted by molar-refractivity contribution is -0.120. The lowest BCUT2D eigenvalue weighted by atomic mass is 10.0. The molecule has 0 saturated carbocycles. The van der Waals surface area contributed by atoms with Gasteiger partial charge in [0.15, 0.2) is 5.96 Å². The molecule has 1 fully saturated rings. The van der Waals surface area contributed by atoms with E-state index in [9.17, 15) is 4.79 Å². The number of benzene rings is 1. The minimum Gasteiger partial charge on any atom is -0.497 e. The third-order valence-corrected chi connectivity index (χ3v) is 4.45. The number of anilines is 1. The van der Waals surface area contributed by atoms with Gasteiger partial charge in [0.25, 0.3) is 0 Å². The first kappa shape index (κ1) is 24.3. The highest BCUT2D eigenvalue weighted by Gasteiger charge is 2.21. The topological polar surface area (TPSA) is 87.2 Å². The first-order chi connectivity index (χ1) is 13.2. The van der Waals surface area contributed by atoms with Crippen molar-refractivity contribution in [1.82, 2.24) is 16.0 Å². The van der Waals surface area contributed by atoms with Gasteiger partial charge in [0.05, 0.1) is 20.3 Å². The maximum absolute atomic E-state index is 11.8. The molecule has 3 N–H and O–H groups in total. The highest BCUT2D eigenvalue weighted by atomic mass is 127. The van der Waals surface area contributed by atoms with Gasteiger partial charge in [0, 0.05) is 51.6 Å². The lowest BCUT2D eigenvalue weighted by Crippen LogP contribution is -2.52. The van der Waals surface area contributed by atoms with Gasteiger partial charge in [0.2, 0.25) is 5.91 Å². The number of amides is 1. The molecule has 1 atom stereocenters. The Balaban J connectivity index is 0.00000392. The molecule has 1 heterocycles. The second-order valence-electron chi connectivity index (χ2n) is 6.40. The van der Waals surface area contributed by atoms with Crippen LogP contribution in [-0.4, -0.2) is 72.0 Å². The SMILES string of the molecule is CN=C(NCC(=O)NCCOC)NC1CCCN(c2cccc(OC)c2)C1.I. The summed E-state index contributed by atoms with van der Waals surface area (Å²) in [5.41, 5.74) is 1.15. The Morgan fingerprint density at radius 1 is 1.32 bits per heavy atom. The smallest absolute Gasteiger partial charge is 0.239 e. The van der Waals surface area contributed by atoms with Crippen LogP contribution in [0.1, 0.15) is 12.8 Å². The Bertz CT molecular complexity index is 629. The van der Waals surface area contributed by atoms with Gasteiger partial charge < -0.3 is 30.3 Å². The Hall–Kier alpha value is -1.75. The van der Waals surface area contributed by atoms with Crippen molar-refractivity contribution < 1.29 is 14.3 Å². The second-order valence-corrected chi connectivity index (χ2v) is 6.40. The molecule has 0 spiro atoms. The number of aliphatic imine (C=N–C) groups is 1. The summed E-state index contributed by atoms with van der Waals surface area (Å²) in [4.78, 5) is 18.4. The van der Waals surface area contributed by atoms with Crippen LogP contribution in [0.15, 0.2) is 29.3 Å². The first-order valence-corrected chi connectivity index (χ1v) is 9.28. The van der Waals surface area contributed by atoms with Gasteiger partial charge in [-0.3, -0.25) is 9.79 Å². The van der Waals surface area contributed by atoms with E-state index in [0.717, 1.165) is 37.4 Å². The molecular formula is C19H32IN5O3. The number of carbonyl (C=O) groups excluding carboxylic acids is 1. The third-order valence-electron chi connectivity index (χ3n) is 4.45. The minimum absolute atomic E-state index is 0. The van der Waals surface area contributed by atoms with Crippen LogP contribution in [0.5, 0.6) is 5.75 Å². The van der Waals surface area contributed by atoms with Crippen molar-refractivity contribution in [3.8, 4) is 5.75 Å². The largest absolute Gasteiger partial charge is 0.497 e. The van der Waals surface area contributed by atoms with E-state index in [4.69, 9.17) is 9.47 Å². The van der Waals surface area contributed by atoms with Crippen molar-refractivity contribution in [1.29, 1.82) is 0 Å². The van der Waals surface area contributed by atoms with E-state index in [1.54, 1.807) is 21.3 Å². The van der Waals surface area contributed by atoms with Crippen molar-refractivity contribution >= 4 is 41.5 Å². The molecule has 1 saturated heterocycles. The van der Waals surface area contributed by atoms with E-state index in [1.165, 1.54) is 0 Å². The summed E-state index contributed by atoms with van der Waals surface area (Å²) in [7, 11) is 5.00. The molecule has 8 nitrogen and oxygen atoms in total. The Kier molecular flexibility index (Phi) is 11.7. The fourth-order valence-corrected chi connectivity index (χ4v) is 3.04. The average molecular weight is 505 g/mol. The van der Waals surface area contributed by atoms with Gasteiger partial charge in [-0.05, 0) is 25.0 Å². The second kappa shape index (κ2) is 13.4. The summed E-state index contributed by atoms with van der Waals surface area (Å²) in [5, 5.41) is 9.26. The van der Waals surface area contributed by atoms with Gasteiger partial charge in [0.1, 0.15) is 5.75 Å². The van der Waals surface area contributed by atoms with E-state index in [-0.39, 0.29) is 42.5 Å². The number of rotatable bonds is 8. The zero-order valence-corrected chi connectivity index (χ0v) is 19.2. The summed E-state index contributed by atoms with van der Waals surface area (Å²) < 4.78 is 10.2. The van der Waals surface area contributed by atoms with E-state index < -0.39 is 0 Å². The molecular weight excluding hydrogens is 473 g/mol. The van der Waals surface area contributed by atoms with Crippen molar-refractivity contribution in [3.63, 3.8) is 0 Å². The van der Waals surface area contributed by atoms with Crippen molar-refractivity contribution in [2.75, 3.05) is 59.0 Å². The Labute approximate surface area is 184 Å². The molecule has 1 aliphatic heterocycles. The van der Waals surface area contributed by atoms with Crippen LogP contribution in [0.2, 0.25) is 0 Å². The van der Waals surface area contributed by atoms with Crippen LogP contribution in [0.4, 0.5) is 5.69 Å². The number of ether oxygens (including phenoxy) is 2. The standard InChI is InChI=1S/C19H31N5O3.HI/c1-20-19(22-13-18(25)21-9-11-26-2)23-15-6-5-10-24(14-15)16-7-4-8-17(12-16)27-3;/h4,7-8,12,15H,5-6,9-11,13-14H2,1-3H3,(H,21,25)(H2,20,22,23);1H. The maximum Gasteiger partial charge on any atom is 0.239 e. The van der Waals surface area contributed by atoms with E-state index in [0.29, 0.717) is 19.1 Å². The lowest BCUT2D eigenvalue weighted by Gasteiger charge is -2.35. The van der Waals surface area contributed by atoms with Crippen LogP contribution in [0.25, 0.3) is 0 Å². The number of piperidine rings is 1. The fourth-order valence-electron chi connectivity index (χ4n) is 3.04. The average Bonchev–Trinajstić information content (AvgIpc) is 2.71. The highest BCUT2D eigenvalue weighted by Crippen LogP contribution is 2.24. The molecule has 0 aromatic heterocycles. The van der Waals surface area contributed by atoms with Crippen LogP contribution in [0.3, 0.4) is 0 Å². The zero-order chi connectivity index (χ0) is 19.5. The van der Waals surface area contributed by atoms with Crippen LogP contribution < -0.4 is 25.6 Å². The van der Waals surface area contributed by atoms with Crippen LogP contribution in [0, 0.1) is 0 Å². The van der Waals surface area contributed by atoms with Crippen molar-refractivity contribution in [2.24, 2.45) is 4.99 Å². The number of nitrogens with one attached hydrogen (secondary N) is 3. The molecule has 1 unspecified atom stereocenters. The molecule has 9 heteroatoms. The molecule has 0 radical (unpaired) electrons. The van der Waals surface area contributed by atoms with Gasteiger partial charge in [-0.15, -0.1) is 24.0 Å². The molecule has 1 aromatic carbocycles. The van der Waals surface area contributed by atoms with Gasteiger partial charge >= 0.3 is 0 Å². The monoisotopic (exact) mass is 505 g/mol. The van der Waals surface area contributed by atoms with E-state index in [2.05, 4.69) is 38.0 Å². The van der Waals surface area contributed by atoms with E-state index >= 15 is 0 Å². The first-order valence-electron chi connectivity index (χ1n) is 9.28. The quantitative estimate of drug-likeness (QED) is 0.213. The Morgan fingerprint density at radius 3 is 2.86 bits per heavy atom. The number of hydrogen-bond acceptors (Lipinski definition) is 5.